The molecule has 0 radical (unpaired) electrons. The summed E-state index contributed by atoms with van der Waals surface area (Å²) in [5, 5.41) is 2.95. The van der Waals surface area contributed by atoms with Crippen LogP contribution >= 0.6 is 0 Å². The van der Waals surface area contributed by atoms with Crippen molar-refractivity contribution in [3.63, 3.8) is 0 Å². The molecule has 2 aromatic heterocycles. The molecule has 1 N–H and O–H groups in total. The molecule has 0 aliphatic carbocycles. The molecule has 7 nitrogen and oxygen atoms in total. The van der Waals surface area contributed by atoms with Gasteiger partial charge in [-0.05, 0) is 48.9 Å². The van der Waals surface area contributed by atoms with Crippen LogP contribution in [0.5, 0.6) is 5.75 Å². The number of nitrogens with one attached hydrogen (secondary N) is 1. The van der Waals surface area contributed by atoms with E-state index in [4.69, 9.17) is 9.72 Å². The van der Waals surface area contributed by atoms with Crippen LogP contribution in [-0.4, -0.2) is 32.1 Å². The number of nitrogens with zero attached hydrogens (tertiary/aromatic N) is 4. The van der Waals surface area contributed by atoms with E-state index in [-0.39, 0.29) is 18.3 Å². The van der Waals surface area contributed by atoms with Gasteiger partial charge in [-0.3, -0.25) is 4.79 Å². The van der Waals surface area contributed by atoms with Gasteiger partial charge in [0.25, 0.3) is 5.91 Å². The number of carbonyl (C=O) groups excluding carboxylic acids is 1. The largest absolute Gasteiger partial charge is 0.495 e. The van der Waals surface area contributed by atoms with Crippen LogP contribution in [0.3, 0.4) is 0 Å². The van der Waals surface area contributed by atoms with E-state index in [1.807, 2.05) is 53.6 Å². The number of halogens is 1. The van der Waals surface area contributed by atoms with Crippen molar-refractivity contribution in [2.24, 2.45) is 7.05 Å². The zero-order chi connectivity index (χ0) is 24.5. The molecule has 2 heterocycles. The predicted octanol–water partition coefficient (Wildman–Crippen LogP) is 4.81. The van der Waals surface area contributed by atoms with E-state index in [0.717, 1.165) is 33.5 Å². The maximum Gasteiger partial charge on any atom is 0.251 e. The first-order valence-corrected chi connectivity index (χ1v) is 11.1. The van der Waals surface area contributed by atoms with Gasteiger partial charge in [0.2, 0.25) is 0 Å². The molecule has 3 aromatic carbocycles. The molecule has 35 heavy (non-hydrogen) atoms. The van der Waals surface area contributed by atoms with Gasteiger partial charge in [-0.15, -0.1) is 0 Å². The second-order valence-electron chi connectivity index (χ2n) is 8.26. The van der Waals surface area contributed by atoms with Crippen LogP contribution in [0.25, 0.3) is 27.8 Å². The average Bonchev–Trinajstić information content (AvgIpc) is 3.45. The van der Waals surface area contributed by atoms with Crippen molar-refractivity contribution >= 4 is 16.9 Å². The molecule has 0 spiro atoms. The quantitative estimate of drug-likeness (QED) is 0.387. The fraction of sp³-hybridized carbons (Fsp3) is 0.148. The molecule has 5 rings (SSSR count). The van der Waals surface area contributed by atoms with Crippen LogP contribution in [0, 0.1) is 12.7 Å². The lowest BCUT2D eigenvalue weighted by molar-refractivity contribution is 0.0949. The number of fused-ring (bicyclic) bond motifs is 1. The lowest BCUT2D eigenvalue weighted by Crippen LogP contribution is -2.24. The second kappa shape index (κ2) is 9.06. The highest BCUT2D eigenvalue weighted by atomic mass is 19.1. The Balaban J connectivity index is 1.38. The number of amides is 1. The number of hydrogen-bond donors (Lipinski definition) is 1. The summed E-state index contributed by atoms with van der Waals surface area (Å²) in [4.78, 5) is 22.0. The fourth-order valence-electron chi connectivity index (χ4n) is 4.13. The molecule has 1 amide bonds. The fourth-order valence-corrected chi connectivity index (χ4v) is 4.13. The Morgan fingerprint density at radius 1 is 1.11 bits per heavy atom. The van der Waals surface area contributed by atoms with Gasteiger partial charge < -0.3 is 19.2 Å². The Kier molecular flexibility index (Phi) is 5.78. The van der Waals surface area contributed by atoms with Gasteiger partial charge in [0.15, 0.2) is 0 Å². The van der Waals surface area contributed by atoms with E-state index >= 15 is 0 Å². The van der Waals surface area contributed by atoms with Gasteiger partial charge >= 0.3 is 0 Å². The standard InChI is InChI=1S/C27H24FN5O2/c1-17-15-33(16-30-17)22-12-9-19(13-24(22)35-3)27(34)29-14-25-31-26-21(5-4-6-23(26)32(25)2)18-7-10-20(28)11-8-18/h4-13,15-16H,14H2,1-3H3,(H,29,34). The molecule has 5 aromatic rings. The summed E-state index contributed by atoms with van der Waals surface area (Å²) >= 11 is 0. The third-order valence-corrected chi connectivity index (χ3v) is 6.00. The minimum atomic E-state index is -0.282. The van der Waals surface area contributed by atoms with Crippen molar-refractivity contribution in [3.8, 4) is 22.6 Å². The van der Waals surface area contributed by atoms with E-state index in [1.54, 1.807) is 37.7 Å². The molecule has 8 heteroatoms. The van der Waals surface area contributed by atoms with Crippen molar-refractivity contribution < 1.29 is 13.9 Å². The number of benzene rings is 3. The Labute approximate surface area is 201 Å². The number of hydrogen-bond acceptors (Lipinski definition) is 4. The summed E-state index contributed by atoms with van der Waals surface area (Å²) in [6.07, 6.45) is 3.60. The smallest absolute Gasteiger partial charge is 0.251 e. The first kappa shape index (κ1) is 22.3. The SMILES string of the molecule is COc1cc(C(=O)NCc2nc3c(-c4ccc(F)cc4)cccc3n2C)ccc1-n1cnc(C)c1. The highest BCUT2D eigenvalue weighted by molar-refractivity contribution is 5.95. The second-order valence-corrected chi connectivity index (χ2v) is 8.26. The number of methoxy groups -OCH3 is 1. The zero-order valence-corrected chi connectivity index (χ0v) is 19.6. The molecule has 0 atom stereocenters. The Morgan fingerprint density at radius 3 is 2.63 bits per heavy atom. The lowest BCUT2D eigenvalue weighted by Gasteiger charge is -2.11. The maximum absolute atomic E-state index is 13.4. The summed E-state index contributed by atoms with van der Waals surface area (Å²) in [6, 6.07) is 17.5. The summed E-state index contributed by atoms with van der Waals surface area (Å²) in [6.45, 7) is 2.16. The average molecular weight is 470 g/mol. The molecular weight excluding hydrogens is 445 g/mol. The maximum atomic E-state index is 13.4. The lowest BCUT2D eigenvalue weighted by atomic mass is 10.0. The highest BCUT2D eigenvalue weighted by Gasteiger charge is 2.15. The van der Waals surface area contributed by atoms with E-state index in [1.165, 1.54) is 12.1 Å². The van der Waals surface area contributed by atoms with Crippen LogP contribution in [0.4, 0.5) is 4.39 Å². The third-order valence-electron chi connectivity index (χ3n) is 6.00. The van der Waals surface area contributed by atoms with Crippen LogP contribution in [0.1, 0.15) is 21.9 Å². The molecule has 176 valence electrons. The van der Waals surface area contributed by atoms with Gasteiger partial charge in [-0.25, -0.2) is 14.4 Å². The minimum Gasteiger partial charge on any atom is -0.495 e. The molecule has 0 aliphatic heterocycles. The molecule has 0 aliphatic rings. The van der Waals surface area contributed by atoms with E-state index in [0.29, 0.717) is 17.1 Å². The van der Waals surface area contributed by atoms with E-state index < -0.39 is 0 Å². The van der Waals surface area contributed by atoms with E-state index in [9.17, 15) is 9.18 Å². The van der Waals surface area contributed by atoms with Crippen LogP contribution in [-0.2, 0) is 13.6 Å². The summed E-state index contributed by atoms with van der Waals surface area (Å²) in [5.41, 5.74) is 5.68. The Bertz CT molecular complexity index is 1540. The van der Waals surface area contributed by atoms with Gasteiger partial charge in [0, 0.05) is 24.4 Å². The van der Waals surface area contributed by atoms with E-state index in [2.05, 4.69) is 10.3 Å². The summed E-state index contributed by atoms with van der Waals surface area (Å²) < 4.78 is 22.7. The molecule has 0 saturated carbocycles. The Hall–Kier alpha value is -4.46. The minimum absolute atomic E-state index is 0.234. The molecule has 0 saturated heterocycles. The van der Waals surface area contributed by atoms with Gasteiger partial charge in [-0.2, -0.15) is 0 Å². The third kappa shape index (κ3) is 4.26. The monoisotopic (exact) mass is 469 g/mol. The normalized spacial score (nSPS) is 11.1. The van der Waals surface area contributed by atoms with Crippen LogP contribution < -0.4 is 10.1 Å². The van der Waals surface area contributed by atoms with Crippen LogP contribution in [0.2, 0.25) is 0 Å². The number of carbonyl (C=O) groups is 1. The topological polar surface area (TPSA) is 74.0 Å². The number of rotatable bonds is 6. The number of aryl methyl sites for hydroxylation is 2. The number of imidazole rings is 2. The Morgan fingerprint density at radius 2 is 1.91 bits per heavy atom. The number of aromatic nitrogens is 4. The number of para-hydroxylation sites is 1. The molecule has 0 fully saturated rings. The molecule has 0 bridgehead atoms. The van der Waals surface area contributed by atoms with Crippen molar-refractivity contribution in [1.82, 2.24) is 24.4 Å². The molecule has 0 unspecified atom stereocenters. The van der Waals surface area contributed by atoms with Crippen molar-refractivity contribution in [3.05, 3.63) is 96.1 Å². The predicted molar refractivity (Wildman–Crippen MR) is 132 cm³/mol. The first-order chi connectivity index (χ1) is 16.9. The zero-order valence-electron chi connectivity index (χ0n) is 19.6. The highest BCUT2D eigenvalue weighted by Crippen LogP contribution is 2.29. The van der Waals surface area contributed by atoms with Crippen molar-refractivity contribution in [2.45, 2.75) is 13.5 Å². The molecular formula is C27H24FN5O2. The number of ether oxygens (including phenoxy) is 1. The summed E-state index contributed by atoms with van der Waals surface area (Å²) in [7, 11) is 3.48. The van der Waals surface area contributed by atoms with Gasteiger partial charge in [-0.1, -0.05) is 24.3 Å². The van der Waals surface area contributed by atoms with Crippen molar-refractivity contribution in [1.29, 1.82) is 0 Å². The first-order valence-electron chi connectivity index (χ1n) is 11.1. The summed E-state index contributed by atoms with van der Waals surface area (Å²) in [5.74, 6) is 0.764. The van der Waals surface area contributed by atoms with Gasteiger partial charge in [0.1, 0.15) is 17.4 Å². The van der Waals surface area contributed by atoms with Crippen LogP contribution in [0.15, 0.2) is 73.2 Å². The van der Waals surface area contributed by atoms with Crippen molar-refractivity contribution in [2.75, 3.05) is 7.11 Å². The van der Waals surface area contributed by atoms with Gasteiger partial charge in [0.05, 0.1) is 42.4 Å².